The van der Waals surface area contributed by atoms with Crippen LogP contribution in [0, 0.1) is 5.92 Å². The van der Waals surface area contributed by atoms with Gasteiger partial charge in [-0.2, -0.15) is 0 Å². The summed E-state index contributed by atoms with van der Waals surface area (Å²) in [5, 5.41) is 0. The monoisotopic (exact) mass is 294 g/mol. The number of carbonyl (C=O) groups excluding carboxylic acids is 2. The second-order valence-corrected chi connectivity index (χ2v) is 5.99. The third kappa shape index (κ3) is 4.02. The molecule has 1 heterocycles. The summed E-state index contributed by atoms with van der Waals surface area (Å²) < 4.78 is 16.4. The normalized spacial score (nSPS) is 30.4. The molecule has 1 saturated heterocycles. The van der Waals surface area contributed by atoms with Crippen LogP contribution in [-0.4, -0.2) is 36.9 Å². The first kappa shape index (κ1) is 15.9. The minimum absolute atomic E-state index is 0.0378. The van der Waals surface area contributed by atoms with E-state index in [1.165, 1.54) is 6.92 Å². The lowest BCUT2D eigenvalue weighted by Gasteiger charge is -2.28. The van der Waals surface area contributed by atoms with Crippen LogP contribution in [0.5, 0.6) is 0 Å². The van der Waals surface area contributed by atoms with E-state index in [2.05, 4.69) is 0 Å². The molecule has 1 fully saturated rings. The minimum Gasteiger partial charge on any atom is -0.462 e. The van der Waals surface area contributed by atoms with Crippen LogP contribution >= 0.6 is 0 Å². The maximum Gasteiger partial charge on any atom is 0.302 e. The van der Waals surface area contributed by atoms with E-state index in [1.807, 2.05) is 20.8 Å². The lowest BCUT2D eigenvalue weighted by molar-refractivity contribution is -0.143. The summed E-state index contributed by atoms with van der Waals surface area (Å²) in [6, 6.07) is 0. The van der Waals surface area contributed by atoms with Gasteiger partial charge in [0.25, 0.3) is 0 Å². The quantitative estimate of drug-likeness (QED) is 0.589. The highest BCUT2D eigenvalue weighted by molar-refractivity contribution is 6.05. The van der Waals surface area contributed by atoms with Crippen molar-refractivity contribution in [1.29, 1.82) is 0 Å². The topological polar surface area (TPSA) is 61.8 Å². The molecule has 0 saturated carbocycles. The van der Waals surface area contributed by atoms with Crippen molar-refractivity contribution < 1.29 is 23.8 Å². The predicted octanol–water partition coefficient (Wildman–Crippen LogP) is 2.16. The Labute approximate surface area is 124 Å². The molecule has 2 atom stereocenters. The van der Waals surface area contributed by atoms with Gasteiger partial charge in [-0.25, -0.2) is 0 Å². The first-order chi connectivity index (χ1) is 9.78. The molecule has 0 unspecified atom stereocenters. The molecular weight excluding hydrogens is 272 g/mol. The van der Waals surface area contributed by atoms with Crippen LogP contribution < -0.4 is 0 Å². The number of ketones is 1. The molecular formula is C16H22O5. The molecule has 116 valence electrons. The molecule has 0 aromatic heterocycles. The highest BCUT2D eigenvalue weighted by atomic mass is 16.7. The maximum absolute atomic E-state index is 12.2. The van der Waals surface area contributed by atoms with Gasteiger partial charge in [0.2, 0.25) is 0 Å². The van der Waals surface area contributed by atoms with Gasteiger partial charge in [-0.15, -0.1) is 0 Å². The largest absolute Gasteiger partial charge is 0.462 e. The van der Waals surface area contributed by atoms with E-state index in [0.717, 1.165) is 12.0 Å². The lowest BCUT2D eigenvalue weighted by atomic mass is 9.80. The van der Waals surface area contributed by atoms with Gasteiger partial charge in [-0.3, -0.25) is 9.59 Å². The van der Waals surface area contributed by atoms with E-state index in [9.17, 15) is 9.59 Å². The molecule has 0 amide bonds. The van der Waals surface area contributed by atoms with Gasteiger partial charge >= 0.3 is 5.97 Å². The molecule has 21 heavy (non-hydrogen) atoms. The van der Waals surface area contributed by atoms with Crippen molar-refractivity contribution in [1.82, 2.24) is 0 Å². The van der Waals surface area contributed by atoms with E-state index in [-0.39, 0.29) is 30.4 Å². The first-order valence-corrected chi connectivity index (χ1v) is 7.15. The molecule has 0 N–H and O–H groups in total. The molecule has 0 aromatic rings. The Kier molecular flexibility index (Phi) is 4.64. The van der Waals surface area contributed by atoms with Gasteiger partial charge in [0.15, 0.2) is 11.6 Å². The summed E-state index contributed by atoms with van der Waals surface area (Å²) in [5.74, 6) is -1.08. The zero-order valence-electron chi connectivity index (χ0n) is 13.0. The summed E-state index contributed by atoms with van der Waals surface area (Å²) >= 11 is 0. The molecule has 2 rings (SSSR count). The maximum atomic E-state index is 12.2. The number of esters is 1. The van der Waals surface area contributed by atoms with Crippen LogP contribution in [0.3, 0.4) is 0 Å². The summed E-state index contributed by atoms with van der Waals surface area (Å²) in [5.41, 5.74) is 1.68. The van der Waals surface area contributed by atoms with Crippen LogP contribution in [0.15, 0.2) is 23.3 Å². The second kappa shape index (κ2) is 6.12. The Morgan fingerprint density at radius 1 is 1.52 bits per heavy atom. The average Bonchev–Trinajstić information content (AvgIpc) is 2.71. The van der Waals surface area contributed by atoms with E-state index in [4.69, 9.17) is 14.2 Å². The fraction of sp³-hybridized carbons (Fsp3) is 0.625. The zero-order chi connectivity index (χ0) is 15.6. The van der Waals surface area contributed by atoms with Crippen molar-refractivity contribution in [2.24, 2.45) is 5.92 Å². The molecule has 0 spiro atoms. The number of hydrogen-bond donors (Lipinski definition) is 0. The summed E-state index contributed by atoms with van der Waals surface area (Å²) in [6.07, 6.45) is 3.92. The van der Waals surface area contributed by atoms with Crippen LogP contribution in [-0.2, 0) is 23.8 Å². The van der Waals surface area contributed by atoms with E-state index < -0.39 is 5.79 Å². The predicted molar refractivity (Wildman–Crippen MR) is 76.5 cm³/mol. The fourth-order valence-corrected chi connectivity index (χ4v) is 2.75. The van der Waals surface area contributed by atoms with Crippen LogP contribution in [0.25, 0.3) is 0 Å². The van der Waals surface area contributed by atoms with Gasteiger partial charge in [0, 0.05) is 18.4 Å². The first-order valence-electron chi connectivity index (χ1n) is 7.15. The standard InChI is InChI=1S/C16H22O5/c1-10-7-13(15-9-20-16(3,4)21-15)12(14(18)8-10)5-6-19-11(2)17/h5,8,13,15H,6-7,9H2,1-4H3/b12-5+/t13-,15+/m0/s1. The number of allylic oxidation sites excluding steroid dienone is 2. The van der Waals surface area contributed by atoms with Crippen LogP contribution in [0.1, 0.15) is 34.1 Å². The number of hydrogen-bond acceptors (Lipinski definition) is 5. The SMILES string of the molecule is CC(=O)OC/C=C1/C(=O)C=C(C)C[C@@H]1[C@H]1COC(C)(C)O1. The van der Waals surface area contributed by atoms with Gasteiger partial charge in [-0.05, 0) is 39.3 Å². The van der Waals surface area contributed by atoms with Crippen molar-refractivity contribution in [2.75, 3.05) is 13.2 Å². The molecule has 1 aliphatic carbocycles. The van der Waals surface area contributed by atoms with Gasteiger partial charge in [0.1, 0.15) is 6.61 Å². The fourth-order valence-electron chi connectivity index (χ4n) is 2.75. The van der Waals surface area contributed by atoms with Gasteiger partial charge < -0.3 is 14.2 Å². The average molecular weight is 294 g/mol. The number of carbonyl (C=O) groups is 2. The highest BCUT2D eigenvalue weighted by Crippen LogP contribution is 2.36. The van der Waals surface area contributed by atoms with Crippen molar-refractivity contribution in [3.05, 3.63) is 23.3 Å². The smallest absolute Gasteiger partial charge is 0.302 e. The second-order valence-electron chi connectivity index (χ2n) is 5.99. The van der Waals surface area contributed by atoms with Crippen molar-refractivity contribution in [3.63, 3.8) is 0 Å². The lowest BCUT2D eigenvalue weighted by Crippen LogP contribution is -2.32. The molecule has 5 nitrogen and oxygen atoms in total. The van der Waals surface area contributed by atoms with Crippen LogP contribution in [0.2, 0.25) is 0 Å². The third-order valence-corrected chi connectivity index (χ3v) is 3.67. The molecule has 0 bridgehead atoms. The highest BCUT2D eigenvalue weighted by Gasteiger charge is 2.41. The number of rotatable bonds is 3. The van der Waals surface area contributed by atoms with Crippen molar-refractivity contribution in [3.8, 4) is 0 Å². The Hall–Kier alpha value is -1.46. The van der Waals surface area contributed by atoms with Crippen LogP contribution in [0.4, 0.5) is 0 Å². The van der Waals surface area contributed by atoms with Gasteiger partial charge in [0.05, 0.1) is 12.7 Å². The molecule has 1 aliphatic heterocycles. The van der Waals surface area contributed by atoms with E-state index >= 15 is 0 Å². The zero-order valence-corrected chi connectivity index (χ0v) is 13.0. The summed E-state index contributed by atoms with van der Waals surface area (Å²) in [4.78, 5) is 23.1. The molecule has 0 aromatic carbocycles. The third-order valence-electron chi connectivity index (χ3n) is 3.67. The molecule has 0 radical (unpaired) electrons. The van der Waals surface area contributed by atoms with Crippen molar-refractivity contribution >= 4 is 11.8 Å². The summed E-state index contributed by atoms with van der Waals surface area (Å²) in [7, 11) is 0. The Morgan fingerprint density at radius 3 is 2.81 bits per heavy atom. The Bertz CT molecular complexity index is 501. The number of ether oxygens (including phenoxy) is 3. The van der Waals surface area contributed by atoms with Gasteiger partial charge in [-0.1, -0.05) is 5.57 Å². The van der Waals surface area contributed by atoms with E-state index in [1.54, 1.807) is 12.2 Å². The molecule has 2 aliphatic rings. The minimum atomic E-state index is -0.621. The Balaban J connectivity index is 2.17. The Morgan fingerprint density at radius 2 is 2.24 bits per heavy atom. The van der Waals surface area contributed by atoms with E-state index in [0.29, 0.717) is 12.2 Å². The summed E-state index contributed by atoms with van der Waals surface area (Å²) in [6.45, 7) is 7.58. The molecule has 5 heteroatoms. The van der Waals surface area contributed by atoms with Crippen molar-refractivity contribution in [2.45, 2.75) is 46.0 Å².